The van der Waals surface area contributed by atoms with Gasteiger partial charge in [-0.3, -0.25) is 19.7 Å². The lowest BCUT2D eigenvalue weighted by Gasteiger charge is -2.14. The molecule has 4 aromatic rings. The van der Waals surface area contributed by atoms with E-state index in [0.717, 1.165) is 35.9 Å². The largest absolute Gasteiger partial charge is 0.481 e. The average molecular weight is 439 g/mol. The molecule has 0 bridgehead atoms. The van der Waals surface area contributed by atoms with Crippen LogP contribution in [0, 0.1) is 0 Å². The number of hydrogen-bond donors (Lipinski definition) is 3. The van der Waals surface area contributed by atoms with Crippen LogP contribution in [0.4, 0.5) is 0 Å². The number of aryl methyl sites for hydroxylation is 2. The molecule has 2 aromatic heterocycles. The predicted molar refractivity (Wildman–Crippen MR) is 125 cm³/mol. The Morgan fingerprint density at radius 2 is 1.76 bits per heavy atom. The number of carboxylic acid groups (broad SMARTS) is 1. The Hall–Kier alpha value is -4.13. The number of nitrogens with zero attached hydrogens (tertiary/aromatic N) is 1. The molecule has 0 saturated heterocycles. The van der Waals surface area contributed by atoms with Gasteiger partial charge in [-0.05, 0) is 30.9 Å². The summed E-state index contributed by atoms with van der Waals surface area (Å²) < 4.78 is 2.17. The number of amides is 2. The van der Waals surface area contributed by atoms with Crippen molar-refractivity contribution in [3.05, 3.63) is 71.0 Å². The van der Waals surface area contributed by atoms with E-state index in [4.69, 9.17) is 0 Å². The van der Waals surface area contributed by atoms with Crippen LogP contribution in [0.15, 0.2) is 48.8 Å². The molecule has 2 aliphatic heterocycles. The smallest absolute Gasteiger partial charge is 0.310 e. The molecule has 7 nitrogen and oxygen atoms in total. The van der Waals surface area contributed by atoms with E-state index in [1.165, 1.54) is 5.56 Å². The second-order valence-electron chi connectivity index (χ2n) is 8.72. The van der Waals surface area contributed by atoms with Gasteiger partial charge in [0.15, 0.2) is 0 Å². The van der Waals surface area contributed by atoms with Crippen molar-refractivity contribution in [1.82, 2.24) is 14.9 Å². The van der Waals surface area contributed by atoms with Gasteiger partial charge >= 0.3 is 5.97 Å². The van der Waals surface area contributed by atoms with E-state index in [-0.39, 0.29) is 0 Å². The fraction of sp³-hybridized carbons (Fsp3) is 0.192. The van der Waals surface area contributed by atoms with E-state index in [1.54, 1.807) is 25.3 Å². The highest BCUT2D eigenvalue weighted by atomic mass is 16.4. The van der Waals surface area contributed by atoms with Gasteiger partial charge in [0.2, 0.25) is 0 Å². The minimum atomic E-state index is -0.929. The average Bonchev–Trinajstić information content (AvgIpc) is 3.47. The number of aromatic amines is 1. The Bertz CT molecular complexity index is 1550. The fourth-order valence-electron chi connectivity index (χ4n) is 5.30. The maximum atomic E-state index is 13.0. The van der Waals surface area contributed by atoms with E-state index >= 15 is 0 Å². The number of H-pyrrole nitrogens is 1. The summed E-state index contributed by atoms with van der Waals surface area (Å²) in [6.45, 7) is 2.50. The molecule has 0 saturated carbocycles. The number of rotatable bonds is 4. The van der Waals surface area contributed by atoms with Crippen LogP contribution in [-0.4, -0.2) is 32.4 Å². The highest BCUT2D eigenvalue weighted by molar-refractivity contribution is 6.50. The van der Waals surface area contributed by atoms with Crippen LogP contribution in [0.5, 0.6) is 0 Å². The Morgan fingerprint density at radius 3 is 2.55 bits per heavy atom. The van der Waals surface area contributed by atoms with Gasteiger partial charge in [-0.25, -0.2) is 0 Å². The molecule has 0 spiro atoms. The molecular weight excluding hydrogens is 418 g/mol. The highest BCUT2D eigenvalue weighted by Gasteiger charge is 2.35. The van der Waals surface area contributed by atoms with Gasteiger partial charge in [-0.1, -0.05) is 36.4 Å². The lowest BCUT2D eigenvalue weighted by Crippen LogP contribution is -2.22. The minimum absolute atomic E-state index is 0.315. The Morgan fingerprint density at radius 1 is 1.03 bits per heavy atom. The molecule has 4 heterocycles. The third-order valence-corrected chi connectivity index (χ3v) is 6.88. The number of carboxylic acids is 1. The second-order valence-corrected chi connectivity index (χ2v) is 8.72. The fourth-order valence-corrected chi connectivity index (χ4v) is 5.30. The van der Waals surface area contributed by atoms with Crippen LogP contribution in [0.3, 0.4) is 0 Å². The minimum Gasteiger partial charge on any atom is -0.481 e. The standard InChI is InChI=1S/C26H21N3O4/c1-13(26(32)33)15-7-3-8-16-18(11-27-22(15)16)20-21(25(31)28-24(20)30)19-12-29-10-4-6-14-5-2-9-17(19)23(14)29/h2-3,5,7-9,11-13,27H,4,6,10H2,1H3,(H,32,33)(H,28,30,31). The first-order valence-electron chi connectivity index (χ1n) is 11.0. The number of carbonyl (C=O) groups excluding carboxylic acids is 2. The van der Waals surface area contributed by atoms with Crippen molar-refractivity contribution in [3.8, 4) is 0 Å². The molecule has 2 aliphatic rings. The van der Waals surface area contributed by atoms with Crippen LogP contribution in [-0.2, 0) is 27.3 Å². The number of hydrogen-bond acceptors (Lipinski definition) is 3. The Balaban J connectivity index is 1.63. The van der Waals surface area contributed by atoms with E-state index < -0.39 is 23.7 Å². The molecule has 33 heavy (non-hydrogen) atoms. The van der Waals surface area contributed by atoms with E-state index in [0.29, 0.717) is 33.2 Å². The molecular formula is C26H21N3O4. The molecule has 164 valence electrons. The molecule has 0 radical (unpaired) electrons. The van der Waals surface area contributed by atoms with Crippen molar-refractivity contribution in [2.75, 3.05) is 0 Å². The Kier molecular flexibility index (Phi) is 4.11. The topological polar surface area (TPSA) is 104 Å². The lowest BCUT2D eigenvalue weighted by molar-refractivity contribution is -0.138. The quantitative estimate of drug-likeness (QED) is 0.421. The summed E-state index contributed by atoms with van der Waals surface area (Å²) in [7, 11) is 0. The highest BCUT2D eigenvalue weighted by Crippen LogP contribution is 2.40. The monoisotopic (exact) mass is 439 g/mol. The van der Waals surface area contributed by atoms with Crippen molar-refractivity contribution in [2.24, 2.45) is 0 Å². The van der Waals surface area contributed by atoms with Crippen LogP contribution in [0.1, 0.15) is 41.5 Å². The van der Waals surface area contributed by atoms with Crippen molar-refractivity contribution in [2.45, 2.75) is 32.2 Å². The first kappa shape index (κ1) is 19.5. The van der Waals surface area contributed by atoms with Crippen molar-refractivity contribution >= 4 is 50.7 Å². The predicted octanol–water partition coefficient (Wildman–Crippen LogP) is 3.82. The van der Waals surface area contributed by atoms with Gasteiger partial charge in [0.25, 0.3) is 11.8 Å². The van der Waals surface area contributed by atoms with Gasteiger partial charge in [0, 0.05) is 40.8 Å². The van der Waals surface area contributed by atoms with Crippen LogP contribution >= 0.6 is 0 Å². The van der Waals surface area contributed by atoms with Crippen LogP contribution in [0.25, 0.3) is 33.0 Å². The molecule has 2 amide bonds. The number of aromatic nitrogens is 2. The first-order valence-corrected chi connectivity index (χ1v) is 11.0. The third-order valence-electron chi connectivity index (χ3n) is 6.88. The van der Waals surface area contributed by atoms with Gasteiger partial charge in [0.05, 0.1) is 28.1 Å². The molecule has 0 aliphatic carbocycles. The van der Waals surface area contributed by atoms with Crippen LogP contribution < -0.4 is 5.32 Å². The second kappa shape index (κ2) is 6.93. The maximum absolute atomic E-state index is 13.0. The van der Waals surface area contributed by atoms with Gasteiger partial charge < -0.3 is 14.7 Å². The van der Waals surface area contributed by atoms with Crippen LogP contribution in [0.2, 0.25) is 0 Å². The van der Waals surface area contributed by atoms with E-state index in [9.17, 15) is 19.5 Å². The number of benzene rings is 2. The maximum Gasteiger partial charge on any atom is 0.310 e. The lowest BCUT2D eigenvalue weighted by atomic mass is 9.93. The molecule has 3 N–H and O–H groups in total. The SMILES string of the molecule is CC(C(=O)O)c1cccc2c(C3=C(c4cn5c6c(cccc46)CCC5)C(=O)NC3=O)c[nH]c12. The zero-order chi connectivity index (χ0) is 22.9. The van der Waals surface area contributed by atoms with Gasteiger partial charge in [0.1, 0.15) is 0 Å². The molecule has 1 atom stereocenters. The molecule has 7 heteroatoms. The zero-order valence-corrected chi connectivity index (χ0v) is 17.9. The summed E-state index contributed by atoms with van der Waals surface area (Å²) in [4.78, 5) is 40.8. The summed E-state index contributed by atoms with van der Waals surface area (Å²) in [6, 6.07) is 11.5. The summed E-state index contributed by atoms with van der Waals surface area (Å²) in [5.74, 6) is -2.50. The van der Waals surface area contributed by atoms with Crippen molar-refractivity contribution in [3.63, 3.8) is 0 Å². The summed E-state index contributed by atoms with van der Waals surface area (Å²) in [5.41, 5.74) is 5.67. The first-order chi connectivity index (χ1) is 16.0. The Labute approximate surface area is 188 Å². The number of para-hydroxylation sites is 2. The number of nitrogens with one attached hydrogen (secondary N) is 2. The number of aliphatic carboxylic acids is 1. The van der Waals surface area contributed by atoms with Crippen molar-refractivity contribution < 1.29 is 19.5 Å². The third kappa shape index (κ3) is 2.72. The number of imide groups is 1. The molecule has 1 unspecified atom stereocenters. The molecule has 0 fully saturated rings. The zero-order valence-electron chi connectivity index (χ0n) is 17.9. The molecule has 6 rings (SSSR count). The van der Waals surface area contributed by atoms with E-state index in [1.807, 2.05) is 24.4 Å². The summed E-state index contributed by atoms with van der Waals surface area (Å²) >= 11 is 0. The summed E-state index contributed by atoms with van der Waals surface area (Å²) in [5, 5.41) is 13.7. The van der Waals surface area contributed by atoms with Gasteiger partial charge in [-0.15, -0.1) is 0 Å². The van der Waals surface area contributed by atoms with E-state index in [2.05, 4.69) is 20.9 Å². The summed E-state index contributed by atoms with van der Waals surface area (Å²) in [6.07, 6.45) is 5.70. The van der Waals surface area contributed by atoms with Crippen molar-refractivity contribution in [1.29, 1.82) is 0 Å². The number of carbonyl (C=O) groups is 3. The normalized spacial score (nSPS) is 16.6. The van der Waals surface area contributed by atoms with Gasteiger partial charge in [-0.2, -0.15) is 0 Å². The number of fused-ring (bicyclic) bond motifs is 1. The molecule has 2 aromatic carbocycles.